The number of H-pyrrole nitrogens is 1. The molecule has 0 bridgehead atoms. The molecule has 0 aliphatic heterocycles. The van der Waals surface area contributed by atoms with Gasteiger partial charge in [-0.1, -0.05) is 24.9 Å². The Bertz CT molecular complexity index is 415. The van der Waals surface area contributed by atoms with Crippen molar-refractivity contribution in [1.29, 1.82) is 0 Å². The molecule has 0 saturated heterocycles. The average molecular weight is 247 g/mol. The summed E-state index contributed by atoms with van der Waals surface area (Å²) in [6.45, 7) is 2.32. The topological polar surface area (TPSA) is 64.1 Å². The second-order valence-electron chi connectivity index (χ2n) is 3.53. The van der Waals surface area contributed by atoms with Crippen LogP contribution in [-0.2, 0) is 4.74 Å². The van der Waals surface area contributed by atoms with Gasteiger partial charge in [-0.15, -0.1) is 0 Å². The highest BCUT2D eigenvalue weighted by Crippen LogP contribution is 2.10. The Balaban J connectivity index is 3.18. The number of hydrogen-bond acceptors (Lipinski definition) is 3. The summed E-state index contributed by atoms with van der Waals surface area (Å²) >= 11 is 5.58. The zero-order valence-corrected chi connectivity index (χ0v) is 10.1. The Morgan fingerprint density at radius 1 is 1.56 bits per heavy atom. The molecule has 0 aliphatic carbocycles. The van der Waals surface area contributed by atoms with E-state index >= 15 is 0 Å². The maximum Gasteiger partial charge on any atom is 0.329 e. The minimum absolute atomic E-state index is 0.0546. The van der Waals surface area contributed by atoms with Crippen LogP contribution >= 0.6 is 11.6 Å². The maximum atomic E-state index is 11.7. The fraction of sp³-hybridized carbons (Fsp3) is 0.600. The van der Waals surface area contributed by atoms with Crippen molar-refractivity contribution in [2.75, 3.05) is 13.7 Å². The number of nitrogens with zero attached hydrogens (tertiary/aromatic N) is 1. The molecular formula is C10H15ClN2O3. The zero-order valence-electron chi connectivity index (χ0n) is 9.33. The molecule has 0 radical (unpaired) electrons. The van der Waals surface area contributed by atoms with Gasteiger partial charge in [0.1, 0.15) is 5.15 Å². The highest BCUT2D eigenvalue weighted by molar-refractivity contribution is 6.29. The van der Waals surface area contributed by atoms with E-state index in [9.17, 15) is 9.59 Å². The second kappa shape index (κ2) is 5.86. The molecule has 0 saturated carbocycles. The van der Waals surface area contributed by atoms with E-state index < -0.39 is 11.2 Å². The van der Waals surface area contributed by atoms with Gasteiger partial charge in [0.2, 0.25) is 0 Å². The van der Waals surface area contributed by atoms with Crippen molar-refractivity contribution in [3.63, 3.8) is 0 Å². The highest BCUT2D eigenvalue weighted by atomic mass is 35.5. The summed E-state index contributed by atoms with van der Waals surface area (Å²) in [5, 5.41) is 0.0546. The van der Waals surface area contributed by atoms with Crippen molar-refractivity contribution in [2.24, 2.45) is 0 Å². The average Bonchev–Trinajstić information content (AvgIpc) is 2.16. The second-order valence-corrected chi connectivity index (χ2v) is 3.94. The minimum atomic E-state index is -0.493. The standard InChI is InChI=1S/C10H15ClN2O3/c1-3-4-7(6-16-2)13-9(14)5-8(11)12-10(13)15/h5,7H,3-4,6H2,1-2H3,(H,12,15). The summed E-state index contributed by atoms with van der Waals surface area (Å²) in [6.07, 6.45) is 1.57. The van der Waals surface area contributed by atoms with E-state index in [0.29, 0.717) is 13.0 Å². The lowest BCUT2D eigenvalue weighted by molar-refractivity contribution is 0.146. The lowest BCUT2D eigenvalue weighted by atomic mass is 10.2. The van der Waals surface area contributed by atoms with Gasteiger partial charge in [0.05, 0.1) is 12.6 Å². The summed E-state index contributed by atoms with van der Waals surface area (Å²) < 4.78 is 6.16. The predicted octanol–water partition coefficient (Wildman–Crippen LogP) is 1.18. The predicted molar refractivity (Wildman–Crippen MR) is 62.2 cm³/mol. The van der Waals surface area contributed by atoms with Crippen LogP contribution in [0.4, 0.5) is 0 Å². The van der Waals surface area contributed by atoms with Gasteiger partial charge in [-0.25, -0.2) is 4.79 Å². The zero-order chi connectivity index (χ0) is 12.1. The number of nitrogens with one attached hydrogen (secondary N) is 1. The van der Waals surface area contributed by atoms with E-state index in [0.717, 1.165) is 11.0 Å². The summed E-state index contributed by atoms with van der Waals surface area (Å²) in [4.78, 5) is 25.7. The van der Waals surface area contributed by atoms with Gasteiger partial charge >= 0.3 is 5.69 Å². The van der Waals surface area contributed by atoms with Crippen molar-refractivity contribution >= 4 is 11.6 Å². The van der Waals surface area contributed by atoms with Crippen LogP contribution in [0.15, 0.2) is 15.7 Å². The van der Waals surface area contributed by atoms with Crippen LogP contribution in [0.3, 0.4) is 0 Å². The van der Waals surface area contributed by atoms with Crippen LogP contribution in [0, 0.1) is 0 Å². The van der Waals surface area contributed by atoms with Gasteiger partial charge in [0.15, 0.2) is 0 Å². The highest BCUT2D eigenvalue weighted by Gasteiger charge is 2.14. The van der Waals surface area contributed by atoms with E-state index in [4.69, 9.17) is 16.3 Å². The Labute approximate surface area is 98.0 Å². The van der Waals surface area contributed by atoms with Crippen LogP contribution in [-0.4, -0.2) is 23.3 Å². The summed E-state index contributed by atoms with van der Waals surface area (Å²) in [7, 11) is 1.54. The van der Waals surface area contributed by atoms with E-state index in [1.165, 1.54) is 13.2 Å². The first-order valence-corrected chi connectivity index (χ1v) is 5.48. The Kier molecular flexibility index (Phi) is 4.76. The van der Waals surface area contributed by atoms with Gasteiger partial charge in [-0.3, -0.25) is 14.3 Å². The first-order chi connectivity index (χ1) is 7.60. The molecule has 0 fully saturated rings. The Morgan fingerprint density at radius 3 is 2.75 bits per heavy atom. The number of hydrogen-bond donors (Lipinski definition) is 1. The quantitative estimate of drug-likeness (QED) is 0.794. The van der Waals surface area contributed by atoms with Crippen molar-refractivity contribution < 1.29 is 4.74 Å². The molecule has 0 aliphatic rings. The molecule has 1 unspecified atom stereocenters. The van der Waals surface area contributed by atoms with E-state index in [-0.39, 0.29) is 11.2 Å². The summed E-state index contributed by atoms with van der Waals surface area (Å²) in [5.74, 6) is 0. The smallest absolute Gasteiger partial charge is 0.329 e. The van der Waals surface area contributed by atoms with Crippen LogP contribution in [0.25, 0.3) is 0 Å². The van der Waals surface area contributed by atoms with E-state index in [1.807, 2.05) is 6.92 Å². The molecule has 6 heteroatoms. The molecule has 1 atom stereocenters. The molecule has 1 rings (SSSR count). The van der Waals surface area contributed by atoms with Gasteiger partial charge in [-0.05, 0) is 6.42 Å². The van der Waals surface area contributed by atoms with Gasteiger partial charge < -0.3 is 4.74 Å². The van der Waals surface area contributed by atoms with Gasteiger partial charge in [-0.2, -0.15) is 0 Å². The molecule has 16 heavy (non-hydrogen) atoms. The third-order valence-corrected chi connectivity index (χ3v) is 2.48. The molecule has 0 amide bonds. The van der Waals surface area contributed by atoms with Crippen molar-refractivity contribution in [3.05, 3.63) is 32.1 Å². The molecule has 90 valence electrons. The molecule has 0 aromatic carbocycles. The third-order valence-electron chi connectivity index (χ3n) is 2.28. The molecule has 0 spiro atoms. The molecule has 1 N–H and O–H groups in total. The Morgan fingerprint density at radius 2 is 2.25 bits per heavy atom. The van der Waals surface area contributed by atoms with Crippen molar-refractivity contribution in [2.45, 2.75) is 25.8 Å². The Hall–Kier alpha value is -1.07. The van der Waals surface area contributed by atoms with Crippen LogP contribution < -0.4 is 11.2 Å². The molecule has 1 aromatic heterocycles. The number of ether oxygens (including phenoxy) is 1. The fourth-order valence-corrected chi connectivity index (χ4v) is 1.81. The van der Waals surface area contributed by atoms with Gasteiger partial charge in [0, 0.05) is 13.2 Å². The summed E-state index contributed by atoms with van der Waals surface area (Å²) in [6, 6.07) is 0.949. The van der Waals surface area contributed by atoms with Crippen LogP contribution in [0.5, 0.6) is 0 Å². The first kappa shape index (κ1) is 13.0. The first-order valence-electron chi connectivity index (χ1n) is 5.10. The van der Waals surface area contributed by atoms with Crippen molar-refractivity contribution in [3.8, 4) is 0 Å². The minimum Gasteiger partial charge on any atom is -0.383 e. The molecule has 5 nitrogen and oxygen atoms in total. The monoisotopic (exact) mass is 246 g/mol. The molecule has 1 aromatic rings. The number of aromatic amines is 1. The fourth-order valence-electron chi connectivity index (χ4n) is 1.63. The lowest BCUT2D eigenvalue weighted by Crippen LogP contribution is -2.39. The third kappa shape index (κ3) is 2.96. The maximum absolute atomic E-state index is 11.7. The van der Waals surface area contributed by atoms with Crippen molar-refractivity contribution in [1.82, 2.24) is 9.55 Å². The van der Waals surface area contributed by atoms with E-state index in [1.54, 1.807) is 0 Å². The largest absolute Gasteiger partial charge is 0.383 e. The normalized spacial score (nSPS) is 12.7. The van der Waals surface area contributed by atoms with E-state index in [2.05, 4.69) is 4.98 Å². The van der Waals surface area contributed by atoms with Crippen LogP contribution in [0.1, 0.15) is 25.8 Å². The number of methoxy groups -OCH3 is 1. The molecule has 1 heterocycles. The number of halogens is 1. The molecular weight excluding hydrogens is 232 g/mol. The number of rotatable bonds is 5. The van der Waals surface area contributed by atoms with Crippen LogP contribution in [0.2, 0.25) is 5.15 Å². The lowest BCUT2D eigenvalue weighted by Gasteiger charge is -2.16. The van der Waals surface area contributed by atoms with Gasteiger partial charge in [0.25, 0.3) is 5.56 Å². The summed E-state index contributed by atoms with van der Waals surface area (Å²) in [5.41, 5.74) is -0.891. The number of aromatic nitrogens is 2. The SMILES string of the molecule is CCCC(COC)n1c(=O)cc(Cl)[nH]c1=O.